The average molecular weight is 379 g/mol. The van der Waals surface area contributed by atoms with E-state index in [4.69, 9.17) is 0 Å². The van der Waals surface area contributed by atoms with E-state index in [1.54, 1.807) is 12.1 Å². The maximum atomic E-state index is 14.0. The minimum atomic E-state index is -0.265. The largest absolute Gasteiger partial charge is 0.334 e. The summed E-state index contributed by atoms with van der Waals surface area (Å²) in [5.41, 5.74) is 3.17. The summed E-state index contributed by atoms with van der Waals surface area (Å²) in [5.74, 6) is 0.317. The summed E-state index contributed by atoms with van der Waals surface area (Å²) >= 11 is 0. The second kappa shape index (κ2) is 7.21. The quantitative estimate of drug-likeness (QED) is 0.866. The van der Waals surface area contributed by atoms with Crippen LogP contribution in [0.25, 0.3) is 0 Å². The van der Waals surface area contributed by atoms with Gasteiger partial charge in [0, 0.05) is 19.1 Å². The van der Waals surface area contributed by atoms with Gasteiger partial charge in [-0.2, -0.15) is 0 Å². The Kier molecular flexibility index (Phi) is 4.55. The standard InChI is InChI=1S/C23H26FN3O/c24-19-6-3-5-18(14-19)22-20-7-2-1-4-16(20)10-13-27(22)23(28)25-21-15-26-11-8-17(21)9-12-26/h1-7,14,17,21-22H,8-13,15H2,(H,25,28)/t21-,22-/m1/s1. The summed E-state index contributed by atoms with van der Waals surface area (Å²) in [4.78, 5) is 17.7. The Morgan fingerprint density at radius 2 is 1.86 bits per heavy atom. The first-order valence-electron chi connectivity index (χ1n) is 10.3. The van der Waals surface area contributed by atoms with Crippen molar-refractivity contribution < 1.29 is 9.18 Å². The number of carbonyl (C=O) groups excluding carboxylic acids is 1. The van der Waals surface area contributed by atoms with Crippen molar-refractivity contribution in [3.05, 3.63) is 71.0 Å². The second-order valence-electron chi connectivity index (χ2n) is 8.29. The molecule has 2 aromatic carbocycles. The number of nitrogens with zero attached hydrogens (tertiary/aromatic N) is 2. The van der Waals surface area contributed by atoms with E-state index in [1.807, 2.05) is 23.1 Å². The van der Waals surface area contributed by atoms with Crippen LogP contribution in [0.15, 0.2) is 48.5 Å². The van der Waals surface area contributed by atoms with Gasteiger partial charge in [-0.05, 0) is 67.1 Å². The number of nitrogens with one attached hydrogen (secondary N) is 1. The van der Waals surface area contributed by atoms with E-state index in [1.165, 1.54) is 24.5 Å². The van der Waals surface area contributed by atoms with E-state index in [9.17, 15) is 9.18 Å². The molecule has 2 amide bonds. The van der Waals surface area contributed by atoms with Crippen LogP contribution in [0.1, 0.15) is 35.6 Å². The number of benzene rings is 2. The summed E-state index contributed by atoms with van der Waals surface area (Å²) in [6, 6.07) is 14.8. The first-order valence-corrected chi connectivity index (χ1v) is 10.3. The number of piperidine rings is 3. The molecule has 2 aromatic rings. The smallest absolute Gasteiger partial charge is 0.318 e. The normalized spacial score (nSPS) is 28.7. The molecule has 0 unspecified atom stereocenters. The fourth-order valence-corrected chi connectivity index (χ4v) is 5.19. The van der Waals surface area contributed by atoms with E-state index < -0.39 is 0 Å². The highest BCUT2D eigenvalue weighted by molar-refractivity contribution is 5.76. The molecule has 0 spiro atoms. The van der Waals surface area contributed by atoms with E-state index in [-0.39, 0.29) is 23.9 Å². The third kappa shape index (κ3) is 3.18. The van der Waals surface area contributed by atoms with Crippen LogP contribution in [0.4, 0.5) is 9.18 Å². The van der Waals surface area contributed by atoms with Gasteiger partial charge in [-0.15, -0.1) is 0 Å². The highest BCUT2D eigenvalue weighted by Gasteiger charge is 2.38. The zero-order valence-electron chi connectivity index (χ0n) is 16.0. The molecule has 6 rings (SSSR count). The molecule has 0 radical (unpaired) electrons. The molecule has 4 aliphatic rings. The molecule has 2 bridgehead atoms. The number of fused-ring (bicyclic) bond motifs is 4. The summed E-state index contributed by atoms with van der Waals surface area (Å²) < 4.78 is 14.0. The number of rotatable bonds is 2. The van der Waals surface area contributed by atoms with Gasteiger partial charge < -0.3 is 15.1 Å². The summed E-state index contributed by atoms with van der Waals surface area (Å²) in [5, 5.41) is 3.32. The number of carbonyl (C=O) groups is 1. The van der Waals surface area contributed by atoms with Crippen LogP contribution in [0.5, 0.6) is 0 Å². The first-order chi connectivity index (χ1) is 13.7. The SMILES string of the molecule is O=C(N[C@@H]1CN2CCC1CC2)N1CCc2ccccc2[C@H]1c1cccc(F)c1. The van der Waals surface area contributed by atoms with Gasteiger partial charge >= 0.3 is 6.03 Å². The summed E-state index contributed by atoms with van der Waals surface area (Å²) in [6.45, 7) is 3.90. The van der Waals surface area contributed by atoms with Crippen molar-refractivity contribution in [3.63, 3.8) is 0 Å². The van der Waals surface area contributed by atoms with Crippen LogP contribution >= 0.6 is 0 Å². The van der Waals surface area contributed by atoms with E-state index in [0.717, 1.165) is 37.2 Å². The maximum absolute atomic E-state index is 14.0. The van der Waals surface area contributed by atoms with Crippen molar-refractivity contribution in [2.75, 3.05) is 26.2 Å². The predicted octanol–water partition coefficient (Wildman–Crippen LogP) is 3.58. The molecule has 3 fully saturated rings. The molecule has 0 saturated carbocycles. The van der Waals surface area contributed by atoms with Crippen molar-refractivity contribution in [1.82, 2.24) is 15.1 Å². The van der Waals surface area contributed by atoms with Gasteiger partial charge in [0.1, 0.15) is 5.82 Å². The van der Waals surface area contributed by atoms with E-state index >= 15 is 0 Å². The number of hydrogen-bond acceptors (Lipinski definition) is 2. The Morgan fingerprint density at radius 1 is 1.04 bits per heavy atom. The minimum absolute atomic E-state index is 0.0254. The van der Waals surface area contributed by atoms with E-state index in [2.05, 4.69) is 22.3 Å². The topological polar surface area (TPSA) is 35.6 Å². The van der Waals surface area contributed by atoms with Gasteiger partial charge in [-0.3, -0.25) is 0 Å². The van der Waals surface area contributed by atoms with Crippen LogP contribution in [-0.2, 0) is 6.42 Å². The number of hydrogen-bond donors (Lipinski definition) is 1. The molecule has 5 heteroatoms. The van der Waals surface area contributed by atoms with Crippen LogP contribution in [0.3, 0.4) is 0 Å². The van der Waals surface area contributed by atoms with Crippen LogP contribution in [0.2, 0.25) is 0 Å². The molecular formula is C23H26FN3O. The highest BCUT2D eigenvalue weighted by atomic mass is 19.1. The Morgan fingerprint density at radius 3 is 2.61 bits per heavy atom. The molecule has 3 saturated heterocycles. The lowest BCUT2D eigenvalue weighted by Crippen LogP contribution is -2.59. The number of amides is 2. The third-order valence-corrected chi connectivity index (χ3v) is 6.67. The Bertz CT molecular complexity index is 878. The Balaban J connectivity index is 1.44. The van der Waals surface area contributed by atoms with E-state index in [0.29, 0.717) is 12.5 Å². The molecule has 0 aliphatic carbocycles. The lowest BCUT2D eigenvalue weighted by molar-refractivity contribution is 0.0715. The van der Waals surface area contributed by atoms with Crippen molar-refractivity contribution >= 4 is 6.03 Å². The second-order valence-corrected chi connectivity index (χ2v) is 8.29. The predicted molar refractivity (Wildman–Crippen MR) is 107 cm³/mol. The first kappa shape index (κ1) is 17.7. The fourth-order valence-electron chi connectivity index (χ4n) is 5.19. The summed E-state index contributed by atoms with van der Waals surface area (Å²) in [6.07, 6.45) is 3.16. The lowest BCUT2D eigenvalue weighted by Gasteiger charge is -2.46. The van der Waals surface area contributed by atoms with Crippen LogP contribution in [0, 0.1) is 11.7 Å². The number of halogens is 1. The average Bonchev–Trinajstić information content (AvgIpc) is 2.73. The molecule has 0 aromatic heterocycles. The summed E-state index contributed by atoms with van der Waals surface area (Å²) in [7, 11) is 0. The molecule has 1 N–H and O–H groups in total. The van der Waals surface area contributed by atoms with Gasteiger partial charge in [-0.25, -0.2) is 9.18 Å². The van der Waals surface area contributed by atoms with Crippen molar-refractivity contribution in [3.8, 4) is 0 Å². The van der Waals surface area contributed by atoms with Crippen molar-refractivity contribution in [1.29, 1.82) is 0 Å². The molecule has 146 valence electrons. The van der Waals surface area contributed by atoms with Gasteiger partial charge in [0.05, 0.1) is 6.04 Å². The zero-order chi connectivity index (χ0) is 19.1. The maximum Gasteiger partial charge on any atom is 0.318 e. The molecule has 4 nitrogen and oxygen atoms in total. The minimum Gasteiger partial charge on any atom is -0.334 e. The van der Waals surface area contributed by atoms with Gasteiger partial charge in [-0.1, -0.05) is 36.4 Å². The molecule has 4 aliphatic heterocycles. The molecule has 2 atom stereocenters. The third-order valence-electron chi connectivity index (χ3n) is 6.67. The van der Waals surface area contributed by atoms with Crippen LogP contribution < -0.4 is 5.32 Å². The van der Waals surface area contributed by atoms with Gasteiger partial charge in [0.25, 0.3) is 0 Å². The highest BCUT2D eigenvalue weighted by Crippen LogP contribution is 2.36. The van der Waals surface area contributed by atoms with Crippen LogP contribution in [-0.4, -0.2) is 48.1 Å². The van der Waals surface area contributed by atoms with Crippen molar-refractivity contribution in [2.45, 2.75) is 31.3 Å². The van der Waals surface area contributed by atoms with Gasteiger partial charge in [0.2, 0.25) is 0 Å². The lowest BCUT2D eigenvalue weighted by atomic mass is 9.84. The zero-order valence-corrected chi connectivity index (χ0v) is 16.0. The Hall–Kier alpha value is -2.40. The van der Waals surface area contributed by atoms with Gasteiger partial charge in [0.15, 0.2) is 0 Å². The monoisotopic (exact) mass is 379 g/mol. The Labute approximate surface area is 165 Å². The number of urea groups is 1. The molecule has 4 heterocycles. The molecular weight excluding hydrogens is 353 g/mol. The fraction of sp³-hybridized carbons (Fsp3) is 0.435. The molecule has 28 heavy (non-hydrogen) atoms. The van der Waals surface area contributed by atoms with Crippen molar-refractivity contribution in [2.24, 2.45) is 5.92 Å².